The SMILES string of the molecule is Cc1cc([N+](=O)[O-])cnc1NCC1CCCC1O. The van der Waals surface area contributed by atoms with E-state index in [1.54, 1.807) is 6.92 Å². The van der Waals surface area contributed by atoms with Crippen molar-refractivity contribution in [3.63, 3.8) is 0 Å². The predicted molar refractivity (Wildman–Crippen MR) is 67.5 cm³/mol. The van der Waals surface area contributed by atoms with Crippen LogP contribution in [0.25, 0.3) is 0 Å². The molecule has 2 N–H and O–H groups in total. The summed E-state index contributed by atoms with van der Waals surface area (Å²) >= 11 is 0. The Kier molecular flexibility index (Phi) is 3.76. The Morgan fingerprint density at radius 1 is 1.61 bits per heavy atom. The first-order chi connectivity index (χ1) is 8.58. The highest BCUT2D eigenvalue weighted by atomic mass is 16.6. The van der Waals surface area contributed by atoms with E-state index in [1.807, 2.05) is 0 Å². The molecule has 0 bridgehead atoms. The van der Waals surface area contributed by atoms with E-state index in [9.17, 15) is 15.2 Å². The maximum Gasteiger partial charge on any atom is 0.287 e. The lowest BCUT2D eigenvalue weighted by atomic mass is 10.1. The molecule has 2 atom stereocenters. The van der Waals surface area contributed by atoms with Crippen molar-refractivity contribution in [2.24, 2.45) is 5.92 Å². The second-order valence-electron chi connectivity index (χ2n) is 4.76. The molecule has 0 spiro atoms. The van der Waals surface area contributed by atoms with Gasteiger partial charge in [-0.05, 0) is 25.3 Å². The molecule has 1 saturated carbocycles. The van der Waals surface area contributed by atoms with E-state index >= 15 is 0 Å². The standard InChI is InChI=1S/C12H17N3O3/c1-8-5-10(15(17)18)7-14-12(8)13-6-9-3-2-4-11(9)16/h5,7,9,11,16H,2-4,6H2,1H3,(H,13,14). The summed E-state index contributed by atoms with van der Waals surface area (Å²) in [7, 11) is 0. The number of anilines is 1. The molecule has 2 unspecified atom stereocenters. The third kappa shape index (κ3) is 2.76. The van der Waals surface area contributed by atoms with Gasteiger partial charge in [-0.25, -0.2) is 4.98 Å². The highest BCUT2D eigenvalue weighted by molar-refractivity contribution is 5.48. The van der Waals surface area contributed by atoms with Crippen LogP contribution in [0.1, 0.15) is 24.8 Å². The van der Waals surface area contributed by atoms with Gasteiger partial charge in [0.05, 0.1) is 11.0 Å². The van der Waals surface area contributed by atoms with Crippen molar-refractivity contribution in [3.8, 4) is 0 Å². The largest absolute Gasteiger partial charge is 0.393 e. The fourth-order valence-corrected chi connectivity index (χ4v) is 2.33. The molecule has 1 aliphatic rings. The maximum absolute atomic E-state index is 10.6. The van der Waals surface area contributed by atoms with Crippen molar-refractivity contribution in [2.45, 2.75) is 32.3 Å². The van der Waals surface area contributed by atoms with Gasteiger partial charge in [0.2, 0.25) is 0 Å². The highest BCUT2D eigenvalue weighted by Crippen LogP contribution is 2.26. The summed E-state index contributed by atoms with van der Waals surface area (Å²) in [4.78, 5) is 14.2. The van der Waals surface area contributed by atoms with Gasteiger partial charge in [0.15, 0.2) is 0 Å². The lowest BCUT2D eigenvalue weighted by Gasteiger charge is -2.16. The molecule has 0 amide bonds. The number of nitrogens with one attached hydrogen (secondary N) is 1. The zero-order valence-electron chi connectivity index (χ0n) is 10.3. The van der Waals surface area contributed by atoms with Crippen LogP contribution in [0.4, 0.5) is 11.5 Å². The van der Waals surface area contributed by atoms with Gasteiger partial charge in [0.25, 0.3) is 5.69 Å². The first-order valence-corrected chi connectivity index (χ1v) is 6.11. The fourth-order valence-electron chi connectivity index (χ4n) is 2.33. The van der Waals surface area contributed by atoms with E-state index in [0.717, 1.165) is 24.8 Å². The second kappa shape index (κ2) is 5.30. The molecule has 6 nitrogen and oxygen atoms in total. The van der Waals surface area contributed by atoms with Gasteiger partial charge in [0.1, 0.15) is 12.0 Å². The summed E-state index contributed by atoms with van der Waals surface area (Å²) < 4.78 is 0. The number of rotatable bonds is 4. The normalized spacial score (nSPS) is 23.0. The number of hydrogen-bond donors (Lipinski definition) is 2. The predicted octanol–water partition coefficient (Wildman–Crippen LogP) is 1.87. The first-order valence-electron chi connectivity index (χ1n) is 6.11. The third-order valence-corrected chi connectivity index (χ3v) is 3.43. The molecular weight excluding hydrogens is 234 g/mol. The van der Waals surface area contributed by atoms with Crippen LogP contribution >= 0.6 is 0 Å². The van der Waals surface area contributed by atoms with Gasteiger partial charge < -0.3 is 10.4 Å². The summed E-state index contributed by atoms with van der Waals surface area (Å²) in [5.41, 5.74) is 0.746. The molecule has 1 fully saturated rings. The summed E-state index contributed by atoms with van der Waals surface area (Å²) in [6.07, 6.45) is 3.94. The molecule has 1 heterocycles. The summed E-state index contributed by atoms with van der Waals surface area (Å²) in [5, 5.41) is 23.4. The third-order valence-electron chi connectivity index (χ3n) is 3.43. The van der Waals surface area contributed by atoms with E-state index in [2.05, 4.69) is 10.3 Å². The number of nitrogens with zero attached hydrogens (tertiary/aromatic N) is 2. The number of aliphatic hydroxyl groups excluding tert-OH is 1. The van der Waals surface area contributed by atoms with Gasteiger partial charge in [-0.3, -0.25) is 10.1 Å². The Labute approximate surface area is 105 Å². The van der Waals surface area contributed by atoms with Crippen molar-refractivity contribution in [1.29, 1.82) is 0 Å². The van der Waals surface area contributed by atoms with Crippen LogP contribution in [0, 0.1) is 23.0 Å². The molecule has 0 radical (unpaired) electrons. The van der Waals surface area contributed by atoms with E-state index in [4.69, 9.17) is 0 Å². The number of aliphatic hydroxyl groups is 1. The Morgan fingerprint density at radius 3 is 2.94 bits per heavy atom. The number of pyridine rings is 1. The Balaban J connectivity index is 1.99. The van der Waals surface area contributed by atoms with E-state index < -0.39 is 4.92 Å². The smallest absolute Gasteiger partial charge is 0.287 e. The monoisotopic (exact) mass is 251 g/mol. The Bertz CT molecular complexity index is 450. The summed E-state index contributed by atoms with van der Waals surface area (Å²) in [6.45, 7) is 2.44. The minimum atomic E-state index is -0.454. The average molecular weight is 251 g/mol. The van der Waals surface area contributed by atoms with Crippen molar-refractivity contribution in [2.75, 3.05) is 11.9 Å². The quantitative estimate of drug-likeness (QED) is 0.630. The van der Waals surface area contributed by atoms with E-state index in [-0.39, 0.29) is 17.7 Å². The molecule has 1 aromatic heterocycles. The lowest BCUT2D eigenvalue weighted by Crippen LogP contribution is -2.22. The van der Waals surface area contributed by atoms with Gasteiger partial charge in [0, 0.05) is 18.5 Å². The molecule has 1 aromatic rings. The molecule has 0 aliphatic heterocycles. The minimum Gasteiger partial charge on any atom is -0.393 e. The molecule has 2 rings (SSSR count). The topological polar surface area (TPSA) is 88.3 Å². The van der Waals surface area contributed by atoms with Crippen LogP contribution in [0.2, 0.25) is 0 Å². The van der Waals surface area contributed by atoms with Crippen LogP contribution in [-0.2, 0) is 0 Å². The van der Waals surface area contributed by atoms with E-state index in [0.29, 0.717) is 12.4 Å². The van der Waals surface area contributed by atoms with Crippen LogP contribution in [0.15, 0.2) is 12.3 Å². The van der Waals surface area contributed by atoms with Crippen molar-refractivity contribution >= 4 is 11.5 Å². The highest BCUT2D eigenvalue weighted by Gasteiger charge is 2.25. The van der Waals surface area contributed by atoms with Gasteiger partial charge >= 0.3 is 0 Å². The first kappa shape index (κ1) is 12.8. The van der Waals surface area contributed by atoms with Crippen LogP contribution in [0.5, 0.6) is 0 Å². The molecule has 0 aromatic carbocycles. The fraction of sp³-hybridized carbons (Fsp3) is 0.583. The number of nitro groups is 1. The van der Waals surface area contributed by atoms with Gasteiger partial charge in [-0.2, -0.15) is 0 Å². The molecular formula is C12H17N3O3. The summed E-state index contributed by atoms with van der Waals surface area (Å²) in [5.74, 6) is 0.904. The lowest BCUT2D eigenvalue weighted by molar-refractivity contribution is -0.385. The molecule has 6 heteroatoms. The van der Waals surface area contributed by atoms with Gasteiger partial charge in [-0.1, -0.05) is 6.42 Å². The zero-order valence-corrected chi connectivity index (χ0v) is 10.3. The van der Waals surface area contributed by atoms with Crippen molar-refractivity contribution < 1.29 is 10.0 Å². The van der Waals surface area contributed by atoms with Crippen LogP contribution in [0.3, 0.4) is 0 Å². The van der Waals surface area contributed by atoms with Crippen molar-refractivity contribution in [1.82, 2.24) is 4.98 Å². The zero-order chi connectivity index (χ0) is 13.1. The number of aryl methyl sites for hydroxylation is 1. The second-order valence-corrected chi connectivity index (χ2v) is 4.76. The molecule has 1 aliphatic carbocycles. The Hall–Kier alpha value is -1.69. The maximum atomic E-state index is 10.6. The number of hydrogen-bond acceptors (Lipinski definition) is 5. The van der Waals surface area contributed by atoms with Crippen molar-refractivity contribution in [3.05, 3.63) is 27.9 Å². The molecule has 18 heavy (non-hydrogen) atoms. The van der Waals surface area contributed by atoms with E-state index in [1.165, 1.54) is 12.3 Å². The molecule has 0 saturated heterocycles. The minimum absolute atomic E-state index is 0.000971. The van der Waals surface area contributed by atoms with Crippen LogP contribution in [-0.4, -0.2) is 27.7 Å². The Morgan fingerprint density at radius 2 is 2.39 bits per heavy atom. The number of aromatic nitrogens is 1. The average Bonchev–Trinajstić information content (AvgIpc) is 2.73. The molecule has 98 valence electrons. The van der Waals surface area contributed by atoms with Crippen LogP contribution < -0.4 is 5.32 Å². The van der Waals surface area contributed by atoms with Gasteiger partial charge in [-0.15, -0.1) is 0 Å². The summed E-state index contributed by atoms with van der Waals surface area (Å²) in [6, 6.07) is 1.50.